The van der Waals surface area contributed by atoms with Crippen LogP contribution in [0.5, 0.6) is 0 Å². The molecule has 0 aliphatic heterocycles. The summed E-state index contributed by atoms with van der Waals surface area (Å²) in [5.74, 6) is 0. The van der Waals surface area contributed by atoms with E-state index in [0.29, 0.717) is 0 Å². The largest absolute Gasteiger partial charge is 0.273 e. The van der Waals surface area contributed by atoms with Crippen molar-refractivity contribution in [2.75, 3.05) is 0 Å². The lowest BCUT2D eigenvalue weighted by molar-refractivity contribution is 0.757. The van der Waals surface area contributed by atoms with Crippen molar-refractivity contribution in [3.63, 3.8) is 0 Å². The second-order valence-electron chi connectivity index (χ2n) is 3.92. The van der Waals surface area contributed by atoms with Crippen LogP contribution in [0.25, 0.3) is 0 Å². The van der Waals surface area contributed by atoms with Crippen molar-refractivity contribution >= 4 is 14.0 Å². The predicted octanol–water partition coefficient (Wildman–Crippen LogP) is 3.19. The third-order valence-corrected chi connectivity index (χ3v) is 1.26. The van der Waals surface area contributed by atoms with Crippen LogP contribution in [0.2, 0.25) is 5.31 Å². The third kappa shape index (κ3) is 7.32. The van der Waals surface area contributed by atoms with E-state index in [4.69, 9.17) is 0 Å². The van der Waals surface area contributed by atoms with Gasteiger partial charge < -0.3 is 0 Å². The van der Waals surface area contributed by atoms with E-state index in [2.05, 4.69) is 46.3 Å². The van der Waals surface area contributed by atoms with Gasteiger partial charge in [-0.1, -0.05) is 56.4 Å². The molecule has 0 aromatic carbocycles. The number of nitrogens with zero attached hydrogens (tertiary/aromatic N) is 1. The lowest BCUT2D eigenvalue weighted by atomic mass is 9.51. The maximum Gasteiger partial charge on any atom is 0.160 e. The zero-order valence-electron chi connectivity index (χ0n) is 8.75. The maximum atomic E-state index is 3.74. The second kappa shape index (κ2) is 5.57. The van der Waals surface area contributed by atoms with E-state index in [1.807, 2.05) is 12.2 Å². The highest BCUT2D eigenvalue weighted by atomic mass is 14.6. The van der Waals surface area contributed by atoms with E-state index in [-0.39, 0.29) is 5.31 Å². The summed E-state index contributed by atoms with van der Waals surface area (Å²) in [6, 6.07) is 0. The van der Waals surface area contributed by atoms with E-state index in [9.17, 15) is 0 Å². The van der Waals surface area contributed by atoms with Gasteiger partial charge in [0.2, 0.25) is 0 Å². The first kappa shape index (κ1) is 12.0. The van der Waals surface area contributed by atoms with Crippen molar-refractivity contribution in [2.24, 2.45) is 4.99 Å². The van der Waals surface area contributed by atoms with Gasteiger partial charge in [0, 0.05) is 6.20 Å². The Hall–Kier alpha value is -1.05. The maximum absolute atomic E-state index is 3.74. The Bertz CT molecular complexity index is 231. The number of rotatable bonds is 4. The molecule has 1 radical (unpaired) electrons. The van der Waals surface area contributed by atoms with E-state index >= 15 is 0 Å². The number of hydrogen-bond acceptors (Lipinski definition) is 1. The number of hydrogen-bond donors (Lipinski definition) is 0. The average molecular weight is 174 g/mol. The SMILES string of the molecule is C=C/C=C\C([B]C(C)(C)C)=C/N=C. The van der Waals surface area contributed by atoms with Crippen LogP contribution >= 0.6 is 0 Å². The van der Waals surface area contributed by atoms with Crippen LogP contribution < -0.4 is 0 Å². The van der Waals surface area contributed by atoms with Crippen LogP contribution in [-0.2, 0) is 0 Å². The summed E-state index contributed by atoms with van der Waals surface area (Å²) in [6.07, 6.45) is 7.34. The van der Waals surface area contributed by atoms with Crippen LogP contribution in [-0.4, -0.2) is 14.0 Å². The first-order valence-electron chi connectivity index (χ1n) is 4.30. The fourth-order valence-corrected chi connectivity index (χ4v) is 0.913. The van der Waals surface area contributed by atoms with E-state index in [0.717, 1.165) is 5.47 Å². The van der Waals surface area contributed by atoms with Gasteiger partial charge in [0.1, 0.15) is 0 Å². The van der Waals surface area contributed by atoms with Gasteiger partial charge >= 0.3 is 0 Å². The molecule has 0 aliphatic carbocycles. The van der Waals surface area contributed by atoms with E-state index in [1.165, 1.54) is 0 Å². The van der Waals surface area contributed by atoms with Crippen LogP contribution in [0.1, 0.15) is 20.8 Å². The first-order valence-corrected chi connectivity index (χ1v) is 4.30. The van der Waals surface area contributed by atoms with Gasteiger partial charge in [-0.05, 0) is 6.72 Å². The Morgan fingerprint density at radius 3 is 2.38 bits per heavy atom. The molecular formula is C11H17BN. The van der Waals surface area contributed by atoms with Gasteiger partial charge in [-0.15, -0.1) is 0 Å². The molecule has 0 atom stereocenters. The smallest absolute Gasteiger partial charge is 0.160 e. The molecule has 0 aliphatic rings. The van der Waals surface area contributed by atoms with Crippen LogP contribution in [0.15, 0.2) is 41.5 Å². The Balaban J connectivity index is 4.45. The summed E-state index contributed by atoms with van der Waals surface area (Å²) in [5, 5.41) is 0.155. The van der Waals surface area contributed by atoms with Gasteiger partial charge in [-0.2, -0.15) is 0 Å². The highest BCUT2D eigenvalue weighted by molar-refractivity contribution is 6.49. The minimum absolute atomic E-state index is 0.155. The van der Waals surface area contributed by atoms with Crippen LogP contribution in [0, 0.1) is 0 Å². The molecule has 2 heteroatoms. The fraction of sp³-hybridized carbons (Fsp3) is 0.364. The van der Waals surface area contributed by atoms with Crippen molar-refractivity contribution in [3.8, 4) is 0 Å². The highest BCUT2D eigenvalue weighted by Crippen LogP contribution is 2.23. The molecule has 0 bridgehead atoms. The second-order valence-corrected chi connectivity index (χ2v) is 3.92. The zero-order chi connectivity index (χ0) is 10.3. The monoisotopic (exact) mass is 174 g/mol. The molecule has 0 saturated carbocycles. The molecule has 1 nitrogen and oxygen atoms in total. The molecule has 0 saturated heterocycles. The number of allylic oxidation sites excluding steroid dienone is 4. The van der Waals surface area contributed by atoms with Crippen molar-refractivity contribution in [1.29, 1.82) is 0 Å². The normalized spacial score (nSPS) is 13.0. The molecule has 0 amide bonds. The predicted molar refractivity (Wildman–Crippen MR) is 62.4 cm³/mol. The lowest BCUT2D eigenvalue weighted by Gasteiger charge is -2.16. The third-order valence-electron chi connectivity index (χ3n) is 1.26. The topological polar surface area (TPSA) is 12.4 Å². The molecule has 0 N–H and O–H groups in total. The van der Waals surface area contributed by atoms with Gasteiger partial charge in [0.05, 0.1) is 0 Å². The molecule has 0 fully saturated rings. The molecular weight excluding hydrogens is 157 g/mol. The molecule has 0 heterocycles. The quantitative estimate of drug-likeness (QED) is 0.352. The molecule has 0 aromatic heterocycles. The van der Waals surface area contributed by atoms with Crippen molar-refractivity contribution in [1.82, 2.24) is 0 Å². The molecule has 13 heavy (non-hydrogen) atoms. The molecule has 0 rings (SSSR count). The van der Waals surface area contributed by atoms with Gasteiger partial charge in [-0.3, -0.25) is 4.99 Å². The Morgan fingerprint density at radius 2 is 2.00 bits per heavy atom. The van der Waals surface area contributed by atoms with Crippen LogP contribution in [0.4, 0.5) is 0 Å². The van der Waals surface area contributed by atoms with Gasteiger partial charge in [0.15, 0.2) is 7.28 Å². The van der Waals surface area contributed by atoms with Gasteiger partial charge in [0.25, 0.3) is 0 Å². The number of aliphatic imine (C=N–C) groups is 1. The minimum atomic E-state index is 0.155. The highest BCUT2D eigenvalue weighted by Gasteiger charge is 2.13. The fourth-order valence-electron chi connectivity index (χ4n) is 0.913. The summed E-state index contributed by atoms with van der Waals surface area (Å²) in [4.78, 5) is 3.74. The van der Waals surface area contributed by atoms with Crippen molar-refractivity contribution in [2.45, 2.75) is 26.1 Å². The summed E-state index contributed by atoms with van der Waals surface area (Å²) in [5.41, 5.74) is 1.06. The average Bonchev–Trinajstić information content (AvgIpc) is 1.98. The summed E-state index contributed by atoms with van der Waals surface area (Å²) in [7, 11) is 2.14. The summed E-state index contributed by atoms with van der Waals surface area (Å²) >= 11 is 0. The standard InChI is InChI=1S/C11H17BN/c1-6-7-8-10(9-13-5)12-11(2,3)4/h6-9H,1,5H2,2-4H3/b8-7-,10-9+. The van der Waals surface area contributed by atoms with Crippen LogP contribution in [0.3, 0.4) is 0 Å². The molecule has 0 aromatic rings. The Morgan fingerprint density at radius 1 is 1.38 bits per heavy atom. The lowest BCUT2D eigenvalue weighted by Crippen LogP contribution is -2.09. The van der Waals surface area contributed by atoms with Crippen molar-refractivity contribution < 1.29 is 0 Å². The minimum Gasteiger partial charge on any atom is -0.273 e. The van der Waals surface area contributed by atoms with Crippen molar-refractivity contribution in [3.05, 3.63) is 36.5 Å². The summed E-state index contributed by atoms with van der Waals surface area (Å²) in [6.45, 7) is 13.5. The van der Waals surface area contributed by atoms with E-state index < -0.39 is 0 Å². The first-order chi connectivity index (χ1) is 5.99. The molecule has 69 valence electrons. The summed E-state index contributed by atoms with van der Waals surface area (Å²) < 4.78 is 0. The van der Waals surface area contributed by atoms with E-state index in [1.54, 1.807) is 12.3 Å². The molecule has 0 spiro atoms. The van der Waals surface area contributed by atoms with Gasteiger partial charge in [-0.25, -0.2) is 0 Å². The Kier molecular flexibility index (Phi) is 5.13. The Labute approximate surface area is 82.2 Å². The zero-order valence-corrected chi connectivity index (χ0v) is 8.75. The molecule has 0 unspecified atom stereocenters.